The summed E-state index contributed by atoms with van der Waals surface area (Å²) in [6.07, 6.45) is 4.71. The average Bonchev–Trinajstić information content (AvgIpc) is 2.82. The van der Waals surface area contributed by atoms with Crippen molar-refractivity contribution in [3.63, 3.8) is 0 Å². The Balaban J connectivity index is 2.06. The first-order chi connectivity index (χ1) is 12.4. The van der Waals surface area contributed by atoms with Crippen molar-refractivity contribution in [2.24, 2.45) is 5.41 Å². The molecule has 2 fully saturated rings. The number of nitrogens with zero attached hydrogens (tertiary/aromatic N) is 1. The predicted octanol–water partition coefficient (Wildman–Crippen LogP) is 3.75. The van der Waals surface area contributed by atoms with Gasteiger partial charge in [-0.05, 0) is 66.2 Å². The normalized spacial score (nSPS) is 26.7. The van der Waals surface area contributed by atoms with Gasteiger partial charge in [0.05, 0.1) is 12.3 Å². The van der Waals surface area contributed by atoms with Crippen molar-refractivity contribution in [2.75, 3.05) is 13.1 Å². The highest BCUT2D eigenvalue weighted by molar-refractivity contribution is 7.90. The standard InChI is InChI=1S/C20H36N2O4S/c1-8-25-15-13-16(21-27(24)19(5,6)7)20(14-15)9-11-22(12-10-20)17(23)26-18(2,3)4/h8,15-16,21H,1,9-14H2,2-7H3/t15-,16+,27?/m0/s1. The fourth-order valence-corrected chi connectivity index (χ4v) is 4.88. The molecule has 0 bridgehead atoms. The zero-order chi connectivity index (χ0) is 20.5. The van der Waals surface area contributed by atoms with Crippen molar-refractivity contribution < 1.29 is 18.8 Å². The third kappa shape index (κ3) is 5.78. The molecule has 0 radical (unpaired) electrons. The number of ether oxygens (including phenoxy) is 2. The number of hydrogen-bond acceptors (Lipinski definition) is 5. The van der Waals surface area contributed by atoms with Crippen LogP contribution in [0.2, 0.25) is 0 Å². The van der Waals surface area contributed by atoms with Gasteiger partial charge in [-0.1, -0.05) is 6.58 Å². The van der Waals surface area contributed by atoms with E-state index in [1.54, 1.807) is 4.90 Å². The van der Waals surface area contributed by atoms with Crippen LogP contribution in [0.15, 0.2) is 12.8 Å². The van der Waals surface area contributed by atoms with Gasteiger partial charge in [0.2, 0.25) is 0 Å². The number of carbonyl (C=O) groups is 1. The molecule has 7 heteroatoms. The van der Waals surface area contributed by atoms with E-state index < -0.39 is 17.0 Å². The smallest absolute Gasteiger partial charge is 0.410 e. The van der Waals surface area contributed by atoms with Crippen molar-refractivity contribution >= 4 is 17.5 Å². The van der Waals surface area contributed by atoms with Crippen LogP contribution in [0.3, 0.4) is 0 Å². The van der Waals surface area contributed by atoms with E-state index in [-0.39, 0.29) is 28.4 Å². The van der Waals surface area contributed by atoms with Crippen molar-refractivity contribution in [3.8, 4) is 0 Å². The Bertz CT molecular complexity index is 533. The second kappa shape index (κ2) is 8.21. The lowest BCUT2D eigenvalue weighted by atomic mass is 9.74. The molecule has 2 rings (SSSR count). The van der Waals surface area contributed by atoms with Crippen LogP contribution >= 0.6 is 0 Å². The molecule has 3 atom stereocenters. The molecule has 1 amide bonds. The monoisotopic (exact) mass is 400 g/mol. The molecule has 27 heavy (non-hydrogen) atoms. The summed E-state index contributed by atoms with van der Waals surface area (Å²) in [4.78, 5) is 14.2. The molecule has 1 heterocycles. The minimum Gasteiger partial charge on any atom is -0.598 e. The van der Waals surface area contributed by atoms with Crippen molar-refractivity contribution in [1.29, 1.82) is 0 Å². The van der Waals surface area contributed by atoms with Crippen molar-refractivity contribution in [1.82, 2.24) is 9.62 Å². The van der Waals surface area contributed by atoms with Gasteiger partial charge in [0.25, 0.3) is 0 Å². The Labute approximate surface area is 167 Å². The minimum atomic E-state index is -1.14. The number of hydrogen-bond donors (Lipinski definition) is 1. The fraction of sp³-hybridized carbons (Fsp3) is 0.850. The Morgan fingerprint density at radius 1 is 1.26 bits per heavy atom. The van der Waals surface area contributed by atoms with E-state index in [1.165, 1.54) is 6.26 Å². The third-order valence-corrected chi connectivity index (χ3v) is 6.99. The largest absolute Gasteiger partial charge is 0.598 e. The molecule has 0 aromatic carbocycles. The summed E-state index contributed by atoms with van der Waals surface area (Å²) < 4.78 is 26.9. The minimum absolute atomic E-state index is 0.0207. The molecule has 1 spiro atoms. The molecule has 1 unspecified atom stereocenters. The lowest BCUT2D eigenvalue weighted by Gasteiger charge is -2.43. The Hall–Kier alpha value is -0.920. The van der Waals surface area contributed by atoms with E-state index in [0.717, 1.165) is 25.7 Å². The lowest BCUT2D eigenvalue weighted by Crippen LogP contribution is -2.54. The van der Waals surface area contributed by atoms with Crippen LogP contribution in [0, 0.1) is 5.41 Å². The average molecular weight is 401 g/mol. The van der Waals surface area contributed by atoms with E-state index in [2.05, 4.69) is 11.3 Å². The van der Waals surface area contributed by atoms with Gasteiger partial charge in [-0.3, -0.25) is 0 Å². The maximum atomic E-state index is 12.7. The first-order valence-corrected chi connectivity index (χ1v) is 10.9. The van der Waals surface area contributed by atoms with E-state index >= 15 is 0 Å². The molecular formula is C20H36N2O4S. The summed E-state index contributed by atoms with van der Waals surface area (Å²) in [6, 6.07) is 0.100. The van der Waals surface area contributed by atoms with Crippen LogP contribution in [0.5, 0.6) is 0 Å². The summed E-state index contributed by atoms with van der Waals surface area (Å²) in [7, 11) is 0. The molecule has 0 aromatic rings. The van der Waals surface area contributed by atoms with Gasteiger partial charge >= 0.3 is 6.09 Å². The fourth-order valence-electron chi connectivity index (χ4n) is 3.92. The van der Waals surface area contributed by atoms with E-state index in [4.69, 9.17) is 9.47 Å². The Morgan fingerprint density at radius 2 is 1.85 bits per heavy atom. The lowest BCUT2D eigenvalue weighted by molar-refractivity contribution is 0.00659. The van der Waals surface area contributed by atoms with Gasteiger partial charge in [-0.25, -0.2) is 4.79 Å². The second-order valence-corrected chi connectivity index (χ2v) is 11.7. The van der Waals surface area contributed by atoms with Gasteiger partial charge < -0.3 is 18.9 Å². The highest BCUT2D eigenvalue weighted by atomic mass is 32.2. The maximum Gasteiger partial charge on any atom is 0.410 e. The second-order valence-electron chi connectivity index (χ2n) is 9.75. The van der Waals surface area contributed by atoms with Crippen LogP contribution in [0.1, 0.15) is 67.2 Å². The van der Waals surface area contributed by atoms with Gasteiger partial charge in [-0.2, -0.15) is 0 Å². The van der Waals surface area contributed by atoms with E-state index in [1.807, 2.05) is 41.5 Å². The first-order valence-electron chi connectivity index (χ1n) is 9.79. The zero-order valence-electron chi connectivity index (χ0n) is 17.7. The zero-order valence-corrected chi connectivity index (χ0v) is 18.5. The number of piperidine rings is 1. The third-order valence-electron chi connectivity index (χ3n) is 5.38. The van der Waals surface area contributed by atoms with Crippen LogP contribution in [-0.4, -0.2) is 51.1 Å². The van der Waals surface area contributed by atoms with Crippen LogP contribution in [-0.2, 0) is 20.8 Å². The van der Waals surface area contributed by atoms with Crippen LogP contribution in [0.25, 0.3) is 0 Å². The van der Waals surface area contributed by atoms with Gasteiger partial charge in [-0.15, -0.1) is 4.72 Å². The topological polar surface area (TPSA) is 73.9 Å². The van der Waals surface area contributed by atoms with Gasteiger partial charge in [0.15, 0.2) is 0 Å². The van der Waals surface area contributed by atoms with Crippen LogP contribution < -0.4 is 4.72 Å². The number of carbonyl (C=O) groups excluding carboxylic acids is 1. The summed E-state index contributed by atoms with van der Waals surface area (Å²) >= 11 is -1.14. The molecule has 6 nitrogen and oxygen atoms in total. The molecule has 1 saturated carbocycles. The summed E-state index contributed by atoms with van der Waals surface area (Å²) in [5.74, 6) is 0. The van der Waals surface area contributed by atoms with Crippen molar-refractivity contribution in [2.45, 2.75) is 89.7 Å². The molecule has 1 saturated heterocycles. The van der Waals surface area contributed by atoms with Gasteiger partial charge in [0, 0.05) is 30.9 Å². The number of likely N-dealkylation sites (tertiary alicyclic amines) is 1. The number of nitrogens with one attached hydrogen (secondary N) is 1. The highest BCUT2D eigenvalue weighted by Gasteiger charge is 2.52. The quantitative estimate of drug-likeness (QED) is 0.575. The summed E-state index contributed by atoms with van der Waals surface area (Å²) in [6.45, 7) is 16.5. The maximum absolute atomic E-state index is 12.7. The van der Waals surface area contributed by atoms with Gasteiger partial charge in [0.1, 0.15) is 16.5 Å². The molecule has 1 aliphatic heterocycles. The van der Waals surface area contributed by atoms with Crippen molar-refractivity contribution in [3.05, 3.63) is 12.8 Å². The molecule has 156 valence electrons. The van der Waals surface area contributed by atoms with E-state index in [9.17, 15) is 9.35 Å². The predicted molar refractivity (Wildman–Crippen MR) is 109 cm³/mol. The molecule has 2 aliphatic rings. The Morgan fingerprint density at radius 3 is 2.33 bits per heavy atom. The molecule has 1 aliphatic carbocycles. The summed E-state index contributed by atoms with van der Waals surface area (Å²) in [5, 5.41) is 0. The first kappa shape index (κ1) is 22.4. The number of rotatable bonds is 4. The SMILES string of the molecule is C=CO[C@H]1C[C@@H](N[S+]([O-])C(C)(C)C)C2(CCN(C(=O)OC(C)(C)C)CC2)C1. The molecule has 1 N–H and O–H groups in total. The summed E-state index contributed by atoms with van der Waals surface area (Å²) in [5.41, 5.74) is -0.511. The van der Waals surface area contributed by atoms with Crippen LogP contribution in [0.4, 0.5) is 4.79 Å². The Kier molecular flexibility index (Phi) is 6.80. The molecular weight excluding hydrogens is 364 g/mol. The number of amides is 1. The van der Waals surface area contributed by atoms with E-state index in [0.29, 0.717) is 13.1 Å². The molecule has 0 aromatic heterocycles. The highest BCUT2D eigenvalue weighted by Crippen LogP contribution is 2.48.